The van der Waals surface area contributed by atoms with Crippen molar-refractivity contribution < 1.29 is 14.0 Å². The second-order valence-electron chi connectivity index (χ2n) is 7.12. The number of hydrogen-bond acceptors (Lipinski definition) is 5. The minimum absolute atomic E-state index is 0.0532. The molecule has 0 spiro atoms. The fraction of sp³-hybridized carbons (Fsp3) is 0.227. The van der Waals surface area contributed by atoms with Crippen molar-refractivity contribution in [3.63, 3.8) is 0 Å². The van der Waals surface area contributed by atoms with E-state index in [-0.39, 0.29) is 30.5 Å². The number of anilines is 3. The number of hydrogen-bond donors (Lipinski definition) is 2. The van der Waals surface area contributed by atoms with Gasteiger partial charge in [0.2, 0.25) is 11.8 Å². The maximum absolute atomic E-state index is 12.8. The zero-order valence-corrected chi connectivity index (χ0v) is 16.2. The molecule has 1 unspecified atom stereocenters. The standard InChI is InChI=1S/C22H21N3O4/c1-13-7-9-15(10-8-13)25-12-14(11-18(25)26)21(27)24-20-19(23-2)16-5-3-4-6-17(16)29-22(20)28/h3-10,14,23H,11-12H2,1-2H3,(H,24,27). The van der Waals surface area contributed by atoms with Gasteiger partial charge in [0.25, 0.3) is 0 Å². The molecule has 2 heterocycles. The molecule has 4 rings (SSSR count). The van der Waals surface area contributed by atoms with Crippen LogP contribution in [-0.2, 0) is 9.59 Å². The summed E-state index contributed by atoms with van der Waals surface area (Å²) in [5.74, 6) is -1.06. The summed E-state index contributed by atoms with van der Waals surface area (Å²) in [6.07, 6.45) is 0.0908. The quantitative estimate of drug-likeness (QED) is 0.667. The Hall–Kier alpha value is -3.61. The average molecular weight is 391 g/mol. The molecule has 2 amide bonds. The number of carbonyl (C=O) groups excluding carboxylic acids is 2. The molecule has 2 aromatic carbocycles. The number of benzene rings is 2. The summed E-state index contributed by atoms with van der Waals surface area (Å²) < 4.78 is 5.33. The molecule has 1 atom stereocenters. The highest BCUT2D eigenvalue weighted by molar-refractivity contribution is 6.06. The second kappa shape index (κ2) is 7.43. The molecule has 1 aliphatic heterocycles. The summed E-state index contributed by atoms with van der Waals surface area (Å²) in [5, 5.41) is 6.34. The minimum atomic E-state index is -0.638. The van der Waals surface area contributed by atoms with E-state index >= 15 is 0 Å². The predicted molar refractivity (Wildman–Crippen MR) is 112 cm³/mol. The molecule has 1 aromatic heterocycles. The van der Waals surface area contributed by atoms with E-state index in [0.717, 1.165) is 11.3 Å². The van der Waals surface area contributed by atoms with Crippen LogP contribution in [-0.4, -0.2) is 25.4 Å². The van der Waals surface area contributed by atoms with Crippen molar-refractivity contribution in [2.75, 3.05) is 29.1 Å². The van der Waals surface area contributed by atoms with Crippen molar-refractivity contribution in [3.05, 3.63) is 64.5 Å². The van der Waals surface area contributed by atoms with Crippen molar-refractivity contribution in [1.29, 1.82) is 0 Å². The Bertz CT molecular complexity index is 1150. The monoisotopic (exact) mass is 391 g/mol. The smallest absolute Gasteiger partial charge is 0.362 e. The van der Waals surface area contributed by atoms with E-state index in [2.05, 4.69) is 10.6 Å². The number of carbonyl (C=O) groups is 2. The fourth-order valence-corrected chi connectivity index (χ4v) is 3.61. The fourth-order valence-electron chi connectivity index (χ4n) is 3.61. The van der Waals surface area contributed by atoms with Crippen LogP contribution in [0.25, 0.3) is 11.0 Å². The van der Waals surface area contributed by atoms with E-state index in [1.54, 1.807) is 30.1 Å². The molecule has 1 fully saturated rings. The molecule has 0 radical (unpaired) electrons. The number of nitrogens with zero attached hydrogens (tertiary/aromatic N) is 1. The van der Waals surface area contributed by atoms with E-state index in [1.807, 2.05) is 37.3 Å². The van der Waals surface area contributed by atoms with Gasteiger partial charge in [0.15, 0.2) is 5.69 Å². The van der Waals surface area contributed by atoms with Crippen LogP contribution in [0.1, 0.15) is 12.0 Å². The number of para-hydroxylation sites is 1. The molecule has 29 heavy (non-hydrogen) atoms. The number of amides is 2. The van der Waals surface area contributed by atoms with Crippen LogP contribution >= 0.6 is 0 Å². The van der Waals surface area contributed by atoms with Crippen LogP contribution in [0.5, 0.6) is 0 Å². The molecule has 1 saturated heterocycles. The largest absolute Gasteiger partial charge is 0.421 e. The Morgan fingerprint density at radius 2 is 1.79 bits per heavy atom. The van der Waals surface area contributed by atoms with E-state index in [0.29, 0.717) is 16.7 Å². The Labute approximate surface area is 167 Å². The Morgan fingerprint density at radius 1 is 1.07 bits per heavy atom. The van der Waals surface area contributed by atoms with Crippen molar-refractivity contribution in [3.8, 4) is 0 Å². The topological polar surface area (TPSA) is 91.6 Å². The van der Waals surface area contributed by atoms with Crippen molar-refractivity contribution in [2.24, 2.45) is 5.92 Å². The molecule has 1 aliphatic rings. The normalized spacial score (nSPS) is 16.3. The first-order chi connectivity index (χ1) is 14.0. The maximum atomic E-state index is 12.8. The highest BCUT2D eigenvalue weighted by atomic mass is 16.4. The van der Waals surface area contributed by atoms with Crippen LogP contribution < -0.4 is 21.2 Å². The average Bonchev–Trinajstić information content (AvgIpc) is 3.11. The molecule has 148 valence electrons. The van der Waals surface area contributed by atoms with Crippen molar-refractivity contribution in [1.82, 2.24) is 0 Å². The van der Waals surface area contributed by atoms with Crippen LogP contribution in [0, 0.1) is 12.8 Å². The Morgan fingerprint density at radius 3 is 2.52 bits per heavy atom. The summed E-state index contributed by atoms with van der Waals surface area (Å²) >= 11 is 0. The highest BCUT2D eigenvalue weighted by Crippen LogP contribution is 2.30. The molecular formula is C22H21N3O4. The Balaban J connectivity index is 1.59. The Kier molecular flexibility index (Phi) is 4.80. The second-order valence-corrected chi connectivity index (χ2v) is 7.12. The van der Waals surface area contributed by atoms with E-state index < -0.39 is 11.5 Å². The summed E-state index contributed by atoms with van der Waals surface area (Å²) in [7, 11) is 1.68. The number of aryl methyl sites for hydroxylation is 1. The SMILES string of the molecule is CNc1c(NC(=O)C2CC(=O)N(c3ccc(C)cc3)C2)c(=O)oc2ccccc12. The van der Waals surface area contributed by atoms with Gasteiger partial charge in [0.05, 0.1) is 11.6 Å². The molecule has 0 aliphatic carbocycles. The lowest BCUT2D eigenvalue weighted by atomic mass is 10.1. The predicted octanol–water partition coefficient (Wildman–Crippen LogP) is 3.13. The van der Waals surface area contributed by atoms with Gasteiger partial charge >= 0.3 is 5.63 Å². The van der Waals surface area contributed by atoms with Gasteiger partial charge in [-0.25, -0.2) is 4.79 Å². The summed E-state index contributed by atoms with van der Waals surface area (Å²) in [4.78, 5) is 39.3. The highest BCUT2D eigenvalue weighted by Gasteiger charge is 2.35. The molecule has 0 saturated carbocycles. The lowest BCUT2D eigenvalue weighted by molar-refractivity contribution is -0.122. The third-order valence-electron chi connectivity index (χ3n) is 5.15. The van der Waals surface area contributed by atoms with Crippen molar-refractivity contribution >= 4 is 39.8 Å². The molecule has 2 N–H and O–H groups in total. The third kappa shape index (κ3) is 3.47. The first-order valence-corrected chi connectivity index (χ1v) is 9.39. The first-order valence-electron chi connectivity index (χ1n) is 9.39. The maximum Gasteiger partial charge on any atom is 0.362 e. The van der Waals surface area contributed by atoms with Gasteiger partial charge in [-0.2, -0.15) is 0 Å². The van der Waals surface area contributed by atoms with E-state index in [4.69, 9.17) is 4.42 Å². The first kappa shape index (κ1) is 18.7. The van der Waals surface area contributed by atoms with Gasteiger partial charge < -0.3 is 20.0 Å². The van der Waals surface area contributed by atoms with Gasteiger partial charge in [-0.15, -0.1) is 0 Å². The lowest BCUT2D eigenvalue weighted by Crippen LogP contribution is -2.29. The van der Waals surface area contributed by atoms with Gasteiger partial charge in [-0.1, -0.05) is 29.8 Å². The third-order valence-corrected chi connectivity index (χ3v) is 5.15. The van der Waals surface area contributed by atoms with Gasteiger partial charge in [0, 0.05) is 31.1 Å². The number of nitrogens with one attached hydrogen (secondary N) is 2. The van der Waals surface area contributed by atoms with Gasteiger partial charge in [0.1, 0.15) is 5.58 Å². The summed E-state index contributed by atoms with van der Waals surface area (Å²) in [6.45, 7) is 2.24. The zero-order valence-electron chi connectivity index (χ0n) is 16.2. The van der Waals surface area contributed by atoms with Crippen LogP contribution in [0.3, 0.4) is 0 Å². The molecule has 7 heteroatoms. The molecule has 3 aromatic rings. The molecular weight excluding hydrogens is 370 g/mol. The number of fused-ring (bicyclic) bond motifs is 1. The van der Waals surface area contributed by atoms with Gasteiger partial charge in [-0.3, -0.25) is 9.59 Å². The lowest BCUT2D eigenvalue weighted by Gasteiger charge is -2.17. The van der Waals surface area contributed by atoms with Crippen molar-refractivity contribution in [2.45, 2.75) is 13.3 Å². The van der Waals surface area contributed by atoms with Crippen LogP contribution in [0.2, 0.25) is 0 Å². The van der Waals surface area contributed by atoms with Crippen LogP contribution in [0.15, 0.2) is 57.7 Å². The summed E-state index contributed by atoms with van der Waals surface area (Å²) in [6, 6.07) is 14.7. The minimum Gasteiger partial charge on any atom is -0.421 e. The zero-order chi connectivity index (χ0) is 20.5. The van der Waals surface area contributed by atoms with E-state index in [9.17, 15) is 14.4 Å². The van der Waals surface area contributed by atoms with Crippen LogP contribution in [0.4, 0.5) is 17.1 Å². The molecule has 7 nitrogen and oxygen atoms in total. The summed E-state index contributed by atoms with van der Waals surface area (Å²) in [5.41, 5.74) is 2.19. The van der Waals surface area contributed by atoms with Gasteiger partial charge in [-0.05, 0) is 31.2 Å². The molecule has 0 bridgehead atoms. The number of rotatable bonds is 4. The van der Waals surface area contributed by atoms with E-state index in [1.165, 1.54) is 0 Å².